The maximum Gasteiger partial charge on any atom is 0.272 e. The molecule has 9 heteroatoms. The number of fused-ring (bicyclic) bond motifs is 1. The first-order valence-corrected chi connectivity index (χ1v) is 11.5. The van der Waals surface area contributed by atoms with Gasteiger partial charge in [0.2, 0.25) is 0 Å². The van der Waals surface area contributed by atoms with Crippen LogP contribution in [-0.4, -0.2) is 45.4 Å². The number of hydrogen-bond donors (Lipinski definition) is 4. The number of nitrogens with one attached hydrogen (secondary N) is 3. The van der Waals surface area contributed by atoms with Crippen molar-refractivity contribution in [2.24, 2.45) is 0 Å². The Morgan fingerprint density at radius 1 is 1.32 bits per heavy atom. The lowest BCUT2D eigenvalue weighted by Crippen LogP contribution is -2.25. The summed E-state index contributed by atoms with van der Waals surface area (Å²) in [6.45, 7) is 0.366. The standard InChI is InChI=1S/C25H29FN6O2/c1-28-15-19(13-27)18-10-16(11-20(26)12-18)14-30-25(34)22-23-21(6-7-29-22)31-24(32(23)8-9-33)17-4-2-3-5-17/h6-7,10-13,15,17,27-28,33H,2-5,8-9,14H2,1H3,(H,30,34)/b19-15+,27-13?. The molecule has 0 aliphatic heterocycles. The number of amides is 1. The number of imidazole rings is 1. The Labute approximate surface area is 197 Å². The SMILES string of the molecule is CN/C=C(\C=N)c1cc(F)cc(CNC(=O)c2nccc3nc(C4CCCC4)n(CCO)c23)c1. The van der Waals surface area contributed by atoms with Gasteiger partial charge in [0.05, 0.1) is 12.1 Å². The zero-order valence-electron chi connectivity index (χ0n) is 19.1. The van der Waals surface area contributed by atoms with Crippen LogP contribution in [0.2, 0.25) is 0 Å². The van der Waals surface area contributed by atoms with Crippen molar-refractivity contribution >= 4 is 28.7 Å². The predicted octanol–water partition coefficient (Wildman–Crippen LogP) is 3.36. The fraction of sp³-hybridized carbons (Fsp3) is 0.360. The number of benzene rings is 1. The van der Waals surface area contributed by atoms with E-state index >= 15 is 0 Å². The number of aliphatic hydroxyl groups excluding tert-OH is 1. The van der Waals surface area contributed by atoms with Crippen LogP contribution in [0.3, 0.4) is 0 Å². The van der Waals surface area contributed by atoms with Crippen molar-refractivity contribution in [3.8, 4) is 0 Å². The highest BCUT2D eigenvalue weighted by Gasteiger charge is 2.26. The summed E-state index contributed by atoms with van der Waals surface area (Å²) in [6.07, 6.45) is 8.71. The Balaban J connectivity index is 1.62. The molecule has 2 aromatic heterocycles. The van der Waals surface area contributed by atoms with E-state index < -0.39 is 11.7 Å². The van der Waals surface area contributed by atoms with Gasteiger partial charge < -0.3 is 25.7 Å². The molecule has 1 aliphatic rings. The van der Waals surface area contributed by atoms with Gasteiger partial charge in [-0.15, -0.1) is 0 Å². The Morgan fingerprint density at radius 3 is 2.82 bits per heavy atom. The smallest absolute Gasteiger partial charge is 0.272 e. The van der Waals surface area contributed by atoms with E-state index in [2.05, 4.69) is 15.6 Å². The first-order valence-electron chi connectivity index (χ1n) is 11.5. The highest BCUT2D eigenvalue weighted by atomic mass is 19.1. The minimum atomic E-state index is -0.451. The van der Waals surface area contributed by atoms with Gasteiger partial charge in [-0.2, -0.15) is 0 Å². The molecule has 1 fully saturated rings. The van der Waals surface area contributed by atoms with Gasteiger partial charge in [0.25, 0.3) is 5.91 Å². The van der Waals surface area contributed by atoms with Crippen molar-refractivity contribution in [1.82, 2.24) is 25.2 Å². The summed E-state index contributed by atoms with van der Waals surface area (Å²) in [5.74, 6) is 0.364. The molecule has 1 aliphatic carbocycles. The maximum atomic E-state index is 14.2. The topological polar surface area (TPSA) is 116 Å². The number of carbonyl (C=O) groups is 1. The van der Waals surface area contributed by atoms with E-state index in [1.165, 1.54) is 12.1 Å². The molecule has 3 aromatic rings. The number of carbonyl (C=O) groups excluding carboxylic acids is 1. The van der Waals surface area contributed by atoms with Crippen LogP contribution in [0.1, 0.15) is 59.0 Å². The lowest BCUT2D eigenvalue weighted by atomic mass is 10.0. The minimum Gasteiger partial charge on any atom is -0.395 e. The summed E-state index contributed by atoms with van der Waals surface area (Å²) >= 11 is 0. The third kappa shape index (κ3) is 4.84. The summed E-state index contributed by atoms with van der Waals surface area (Å²) < 4.78 is 16.1. The van der Waals surface area contributed by atoms with Crippen molar-refractivity contribution in [1.29, 1.82) is 5.41 Å². The molecule has 0 radical (unpaired) electrons. The summed E-state index contributed by atoms with van der Waals surface area (Å²) in [5, 5.41) is 22.9. The number of nitrogens with zero attached hydrogens (tertiary/aromatic N) is 3. The lowest BCUT2D eigenvalue weighted by molar-refractivity contribution is 0.0947. The second kappa shape index (κ2) is 10.6. The Hall–Kier alpha value is -3.59. The van der Waals surface area contributed by atoms with Gasteiger partial charge in [-0.1, -0.05) is 12.8 Å². The molecule has 34 heavy (non-hydrogen) atoms. The molecular weight excluding hydrogens is 435 g/mol. The molecule has 8 nitrogen and oxygen atoms in total. The fourth-order valence-corrected chi connectivity index (χ4v) is 4.64. The van der Waals surface area contributed by atoms with Crippen LogP contribution in [0.5, 0.6) is 0 Å². The normalized spacial score (nSPS) is 14.5. The monoisotopic (exact) mass is 464 g/mol. The molecule has 178 valence electrons. The third-order valence-corrected chi connectivity index (χ3v) is 6.14. The van der Waals surface area contributed by atoms with Gasteiger partial charge in [-0.3, -0.25) is 4.79 Å². The van der Waals surface area contributed by atoms with Crippen LogP contribution in [0, 0.1) is 11.2 Å². The average Bonchev–Trinajstić information content (AvgIpc) is 3.49. The van der Waals surface area contributed by atoms with E-state index in [9.17, 15) is 14.3 Å². The van der Waals surface area contributed by atoms with Crippen LogP contribution in [0.25, 0.3) is 16.6 Å². The van der Waals surface area contributed by atoms with Crippen LogP contribution in [0.4, 0.5) is 4.39 Å². The van der Waals surface area contributed by atoms with E-state index in [0.29, 0.717) is 40.2 Å². The van der Waals surface area contributed by atoms with Gasteiger partial charge in [-0.25, -0.2) is 14.4 Å². The lowest BCUT2D eigenvalue weighted by Gasteiger charge is -2.14. The number of pyridine rings is 1. The predicted molar refractivity (Wildman–Crippen MR) is 129 cm³/mol. The average molecular weight is 465 g/mol. The zero-order chi connectivity index (χ0) is 24.1. The largest absolute Gasteiger partial charge is 0.395 e. The van der Waals surface area contributed by atoms with Crippen LogP contribution in [0.15, 0.2) is 36.7 Å². The van der Waals surface area contributed by atoms with Crippen LogP contribution < -0.4 is 10.6 Å². The van der Waals surface area contributed by atoms with Gasteiger partial charge in [0, 0.05) is 50.2 Å². The summed E-state index contributed by atoms with van der Waals surface area (Å²) in [6, 6.07) is 6.22. The van der Waals surface area contributed by atoms with Gasteiger partial charge in [0.15, 0.2) is 5.69 Å². The van der Waals surface area contributed by atoms with Gasteiger partial charge in [0.1, 0.15) is 17.2 Å². The van der Waals surface area contributed by atoms with Crippen molar-refractivity contribution in [2.75, 3.05) is 13.7 Å². The molecular formula is C25H29FN6O2. The van der Waals surface area contributed by atoms with Gasteiger partial charge in [-0.05, 0) is 48.2 Å². The molecule has 0 atom stereocenters. The second-order valence-corrected chi connectivity index (χ2v) is 8.42. The van der Waals surface area contributed by atoms with Crippen molar-refractivity contribution in [3.63, 3.8) is 0 Å². The van der Waals surface area contributed by atoms with E-state index in [1.54, 1.807) is 31.6 Å². The molecule has 0 saturated heterocycles. The van der Waals surface area contributed by atoms with E-state index in [0.717, 1.165) is 37.7 Å². The third-order valence-electron chi connectivity index (χ3n) is 6.14. The number of aliphatic hydroxyl groups is 1. The molecule has 1 aromatic carbocycles. The van der Waals surface area contributed by atoms with E-state index in [1.807, 2.05) is 4.57 Å². The summed E-state index contributed by atoms with van der Waals surface area (Å²) in [4.78, 5) is 22.3. The van der Waals surface area contributed by atoms with Crippen molar-refractivity contribution in [3.05, 3.63) is 65.1 Å². The highest BCUT2D eigenvalue weighted by molar-refractivity contribution is 6.08. The first kappa shape index (κ1) is 23.6. The zero-order valence-corrected chi connectivity index (χ0v) is 19.1. The molecule has 1 saturated carbocycles. The number of halogens is 1. The van der Waals surface area contributed by atoms with E-state index in [4.69, 9.17) is 10.4 Å². The van der Waals surface area contributed by atoms with Crippen molar-refractivity contribution in [2.45, 2.75) is 44.7 Å². The minimum absolute atomic E-state index is 0.0668. The summed E-state index contributed by atoms with van der Waals surface area (Å²) in [5.41, 5.74) is 3.14. The molecule has 4 rings (SSSR count). The number of allylic oxidation sites excluding steroid dienone is 1. The first-order chi connectivity index (χ1) is 16.5. The molecule has 1 amide bonds. The Morgan fingerprint density at radius 2 is 2.12 bits per heavy atom. The maximum absolute atomic E-state index is 14.2. The van der Waals surface area contributed by atoms with E-state index in [-0.39, 0.29) is 18.8 Å². The van der Waals surface area contributed by atoms with Crippen LogP contribution >= 0.6 is 0 Å². The highest BCUT2D eigenvalue weighted by Crippen LogP contribution is 2.35. The molecule has 4 N–H and O–H groups in total. The molecule has 0 spiro atoms. The number of rotatable bonds is 9. The van der Waals surface area contributed by atoms with Gasteiger partial charge >= 0.3 is 0 Å². The Bertz CT molecular complexity index is 1230. The molecule has 0 unspecified atom stereocenters. The molecule has 0 bridgehead atoms. The fourth-order valence-electron chi connectivity index (χ4n) is 4.64. The summed E-state index contributed by atoms with van der Waals surface area (Å²) in [7, 11) is 1.71. The molecule has 2 heterocycles. The van der Waals surface area contributed by atoms with Crippen molar-refractivity contribution < 1.29 is 14.3 Å². The quantitative estimate of drug-likeness (QED) is 0.363. The Kier molecular flexibility index (Phi) is 7.32. The van der Waals surface area contributed by atoms with Crippen LogP contribution in [-0.2, 0) is 13.1 Å². The number of aromatic nitrogens is 3. The number of hydrogen-bond acceptors (Lipinski definition) is 6. The second-order valence-electron chi connectivity index (χ2n) is 8.42.